The summed E-state index contributed by atoms with van der Waals surface area (Å²) in [4.78, 5) is 10.8. The van der Waals surface area contributed by atoms with Crippen LogP contribution >= 0.6 is 22.9 Å². The molecule has 3 aromatic rings. The number of nitrogens with zero attached hydrogens (tertiary/aromatic N) is 3. The molecule has 27 heavy (non-hydrogen) atoms. The lowest BCUT2D eigenvalue weighted by atomic mass is 10.1. The second kappa shape index (κ2) is 7.27. The molecule has 2 unspecified atom stereocenters. The van der Waals surface area contributed by atoms with Crippen LogP contribution in [0, 0.1) is 11.6 Å². The van der Waals surface area contributed by atoms with Gasteiger partial charge >= 0.3 is 0 Å². The van der Waals surface area contributed by atoms with Gasteiger partial charge in [0.2, 0.25) is 0 Å². The van der Waals surface area contributed by atoms with Gasteiger partial charge in [-0.2, -0.15) is 0 Å². The van der Waals surface area contributed by atoms with E-state index in [4.69, 9.17) is 11.6 Å². The number of anilines is 1. The molecule has 1 aromatic carbocycles. The second-order valence-electron chi connectivity index (χ2n) is 6.45. The molecule has 0 bridgehead atoms. The summed E-state index contributed by atoms with van der Waals surface area (Å²) < 4.78 is 29.1. The second-order valence-corrected chi connectivity index (χ2v) is 7.77. The maximum absolute atomic E-state index is 14.4. The van der Waals surface area contributed by atoms with Crippen molar-refractivity contribution in [2.75, 3.05) is 18.0 Å². The van der Waals surface area contributed by atoms with Crippen molar-refractivity contribution < 1.29 is 19.0 Å². The molecular weight excluding hydrogens is 396 g/mol. The van der Waals surface area contributed by atoms with E-state index in [9.17, 15) is 19.0 Å². The van der Waals surface area contributed by atoms with E-state index in [1.54, 1.807) is 6.07 Å². The maximum atomic E-state index is 14.4. The number of thiophene rings is 1. The minimum Gasteiger partial charge on any atom is -0.390 e. The van der Waals surface area contributed by atoms with Crippen molar-refractivity contribution in [3.63, 3.8) is 0 Å². The minimum absolute atomic E-state index is 0.0642. The van der Waals surface area contributed by atoms with Gasteiger partial charge in [-0.25, -0.2) is 18.7 Å². The van der Waals surface area contributed by atoms with Crippen molar-refractivity contribution in [2.24, 2.45) is 0 Å². The van der Waals surface area contributed by atoms with E-state index in [1.807, 2.05) is 10.3 Å². The Morgan fingerprint density at radius 2 is 1.78 bits per heavy atom. The number of fused-ring (bicyclic) bond motifs is 1. The molecule has 1 aliphatic rings. The molecule has 0 spiro atoms. The number of aromatic nitrogens is 2. The monoisotopic (exact) mass is 411 g/mol. The van der Waals surface area contributed by atoms with Gasteiger partial charge in [-0.3, -0.25) is 0 Å². The molecule has 2 atom stereocenters. The molecule has 1 saturated heterocycles. The van der Waals surface area contributed by atoms with E-state index in [1.165, 1.54) is 11.3 Å². The molecule has 5 nitrogen and oxygen atoms in total. The molecule has 1 aliphatic heterocycles. The van der Waals surface area contributed by atoms with Gasteiger partial charge in [0.25, 0.3) is 0 Å². The average Bonchev–Trinajstić information content (AvgIpc) is 3.05. The van der Waals surface area contributed by atoms with Crippen molar-refractivity contribution >= 4 is 39.0 Å². The number of hydrogen-bond acceptors (Lipinski definition) is 6. The van der Waals surface area contributed by atoms with Gasteiger partial charge in [-0.1, -0.05) is 11.6 Å². The van der Waals surface area contributed by atoms with Gasteiger partial charge in [-0.05, 0) is 36.4 Å². The van der Waals surface area contributed by atoms with Crippen molar-refractivity contribution in [3.05, 3.63) is 40.2 Å². The van der Waals surface area contributed by atoms with Gasteiger partial charge < -0.3 is 15.1 Å². The van der Waals surface area contributed by atoms with Gasteiger partial charge in [0, 0.05) is 13.1 Å². The first-order valence-electron chi connectivity index (χ1n) is 8.45. The lowest BCUT2D eigenvalue weighted by molar-refractivity contribution is 0.0187. The first-order valence-corrected chi connectivity index (χ1v) is 9.71. The third kappa shape index (κ3) is 3.50. The Morgan fingerprint density at radius 3 is 2.48 bits per heavy atom. The van der Waals surface area contributed by atoms with Gasteiger partial charge in [-0.15, -0.1) is 11.3 Å². The Kier molecular flexibility index (Phi) is 4.98. The number of rotatable bonds is 2. The molecule has 0 amide bonds. The fraction of sp³-hybridized carbons (Fsp3) is 0.333. The van der Waals surface area contributed by atoms with Crippen molar-refractivity contribution in [3.8, 4) is 11.4 Å². The Morgan fingerprint density at radius 1 is 1.07 bits per heavy atom. The van der Waals surface area contributed by atoms with E-state index < -0.39 is 23.8 Å². The quantitative estimate of drug-likeness (QED) is 0.630. The lowest BCUT2D eigenvalue weighted by Crippen LogP contribution is -2.26. The van der Waals surface area contributed by atoms with Crippen LogP contribution in [-0.2, 0) is 0 Å². The summed E-state index contributed by atoms with van der Waals surface area (Å²) in [5.41, 5.74) is 0.557. The summed E-state index contributed by atoms with van der Waals surface area (Å²) in [6, 6.07) is 3.69. The minimum atomic E-state index is -0.794. The highest BCUT2D eigenvalue weighted by atomic mass is 35.5. The number of halogens is 3. The van der Waals surface area contributed by atoms with Crippen molar-refractivity contribution in [1.29, 1.82) is 0 Å². The van der Waals surface area contributed by atoms with Crippen LogP contribution in [0.15, 0.2) is 23.6 Å². The third-order valence-electron chi connectivity index (χ3n) is 4.67. The molecule has 142 valence electrons. The Balaban J connectivity index is 1.82. The summed E-state index contributed by atoms with van der Waals surface area (Å²) in [5, 5.41) is 21.4. The number of benzene rings is 1. The summed E-state index contributed by atoms with van der Waals surface area (Å²) in [6.45, 7) is 0.971. The predicted molar refractivity (Wildman–Crippen MR) is 101 cm³/mol. The SMILES string of the molecule is OC1CCN(c2nc(-c3cc(F)c(Cl)cc3F)nc3ccsc23)CCC1O. The van der Waals surface area contributed by atoms with Crippen molar-refractivity contribution in [1.82, 2.24) is 9.97 Å². The van der Waals surface area contributed by atoms with E-state index in [0.717, 1.165) is 16.8 Å². The molecule has 2 N–H and O–H groups in total. The van der Waals surface area contributed by atoms with Crippen LogP contribution in [0.2, 0.25) is 5.02 Å². The van der Waals surface area contributed by atoms with Gasteiger partial charge in [0.15, 0.2) is 11.6 Å². The maximum Gasteiger partial charge on any atom is 0.165 e. The molecule has 0 aliphatic carbocycles. The van der Waals surface area contributed by atoms with Crippen LogP contribution in [0.3, 0.4) is 0 Å². The van der Waals surface area contributed by atoms with Crippen LogP contribution < -0.4 is 4.90 Å². The highest BCUT2D eigenvalue weighted by Gasteiger charge is 2.26. The number of hydrogen-bond donors (Lipinski definition) is 2. The van der Waals surface area contributed by atoms with E-state index in [2.05, 4.69) is 9.97 Å². The lowest BCUT2D eigenvalue weighted by Gasteiger charge is -2.22. The third-order valence-corrected chi connectivity index (χ3v) is 5.86. The van der Waals surface area contributed by atoms with Crippen LogP contribution in [0.1, 0.15) is 12.8 Å². The molecular formula is C18H16ClF2N3O2S. The summed E-state index contributed by atoms with van der Waals surface area (Å²) >= 11 is 7.09. The standard InChI is InChI=1S/C18H16ClF2N3O2S/c19-10-8-11(20)9(7-12(10)21)17-22-13-3-6-27-16(13)18(23-17)24-4-1-14(25)15(26)2-5-24/h3,6-8,14-15,25-26H,1-2,4-5H2. The molecule has 4 rings (SSSR count). The summed E-state index contributed by atoms with van der Waals surface area (Å²) in [7, 11) is 0. The van der Waals surface area contributed by atoms with Crippen LogP contribution in [0.4, 0.5) is 14.6 Å². The summed E-state index contributed by atoms with van der Waals surface area (Å²) in [6.07, 6.45) is -0.815. The Bertz CT molecular complexity index is 988. The van der Waals surface area contributed by atoms with Crippen molar-refractivity contribution in [2.45, 2.75) is 25.0 Å². The highest BCUT2D eigenvalue weighted by Crippen LogP contribution is 2.34. The molecule has 0 saturated carbocycles. The first kappa shape index (κ1) is 18.5. The molecule has 3 heterocycles. The van der Waals surface area contributed by atoms with E-state index in [-0.39, 0.29) is 16.4 Å². The fourth-order valence-corrected chi connectivity index (χ4v) is 4.16. The Hall–Kier alpha value is -1.87. The van der Waals surface area contributed by atoms with Crippen LogP contribution in [0.25, 0.3) is 21.6 Å². The zero-order valence-electron chi connectivity index (χ0n) is 14.1. The van der Waals surface area contributed by atoms with Crippen LogP contribution in [0.5, 0.6) is 0 Å². The van der Waals surface area contributed by atoms with Gasteiger partial charge in [0.1, 0.15) is 11.6 Å². The highest BCUT2D eigenvalue weighted by molar-refractivity contribution is 7.17. The van der Waals surface area contributed by atoms with E-state index in [0.29, 0.717) is 37.3 Å². The number of aliphatic hydroxyl groups excluding tert-OH is 2. The smallest absolute Gasteiger partial charge is 0.165 e. The fourth-order valence-electron chi connectivity index (χ4n) is 3.16. The molecule has 9 heteroatoms. The normalized spacial score (nSPS) is 20.9. The zero-order chi connectivity index (χ0) is 19.1. The average molecular weight is 412 g/mol. The molecule has 2 aromatic heterocycles. The zero-order valence-corrected chi connectivity index (χ0v) is 15.6. The van der Waals surface area contributed by atoms with Crippen LogP contribution in [-0.4, -0.2) is 45.5 Å². The molecule has 1 fully saturated rings. The largest absolute Gasteiger partial charge is 0.390 e. The summed E-state index contributed by atoms with van der Waals surface area (Å²) in [5.74, 6) is -0.802. The predicted octanol–water partition coefficient (Wildman–Crippen LogP) is 3.61. The van der Waals surface area contributed by atoms with Gasteiger partial charge in [0.05, 0.1) is 33.0 Å². The van der Waals surface area contributed by atoms with E-state index >= 15 is 0 Å². The first-order chi connectivity index (χ1) is 12.9. The molecule has 0 radical (unpaired) electrons. The Labute approximate surface area is 162 Å². The number of aliphatic hydroxyl groups is 2. The topological polar surface area (TPSA) is 69.5 Å².